The largest absolute Gasteiger partial charge is 0.352 e. The molecule has 2 aromatic carbocycles. The summed E-state index contributed by atoms with van der Waals surface area (Å²) in [5.74, 6) is -0.760. The summed E-state index contributed by atoms with van der Waals surface area (Å²) in [6.45, 7) is 6.57. The fourth-order valence-corrected chi connectivity index (χ4v) is 5.76. The van der Waals surface area contributed by atoms with E-state index in [4.69, 9.17) is 23.8 Å². The topological polar surface area (TPSA) is 62.2 Å². The first-order chi connectivity index (χ1) is 18.7. The van der Waals surface area contributed by atoms with Gasteiger partial charge in [0.2, 0.25) is 5.91 Å². The van der Waals surface area contributed by atoms with Crippen LogP contribution >= 0.6 is 23.8 Å². The van der Waals surface area contributed by atoms with Gasteiger partial charge < -0.3 is 20.1 Å². The molecule has 200 valence electrons. The van der Waals surface area contributed by atoms with Crippen molar-refractivity contribution in [3.8, 4) is 5.69 Å². The molecule has 0 radical (unpaired) electrons. The summed E-state index contributed by atoms with van der Waals surface area (Å²) in [5, 5.41) is 7.32. The molecule has 2 aromatic heterocycles. The van der Waals surface area contributed by atoms with Crippen molar-refractivity contribution in [1.29, 1.82) is 0 Å². The highest BCUT2D eigenvalue weighted by molar-refractivity contribution is 7.80. The highest BCUT2D eigenvalue weighted by Crippen LogP contribution is 2.41. The Morgan fingerprint density at radius 3 is 2.62 bits per heavy atom. The van der Waals surface area contributed by atoms with Crippen LogP contribution in [-0.4, -0.2) is 32.0 Å². The van der Waals surface area contributed by atoms with Gasteiger partial charge in [0.15, 0.2) is 5.11 Å². The number of carbonyl (C=O) groups excluding carboxylic acids is 1. The number of hydrogen-bond acceptors (Lipinski definition) is 3. The Hall–Kier alpha value is -3.75. The van der Waals surface area contributed by atoms with Crippen molar-refractivity contribution in [2.75, 3.05) is 11.9 Å². The highest BCUT2D eigenvalue weighted by atomic mass is 35.5. The van der Waals surface area contributed by atoms with Crippen molar-refractivity contribution in [3.63, 3.8) is 0 Å². The van der Waals surface area contributed by atoms with E-state index in [1.165, 1.54) is 6.07 Å². The van der Waals surface area contributed by atoms with E-state index in [-0.39, 0.29) is 30.1 Å². The van der Waals surface area contributed by atoms with Crippen LogP contribution in [0.2, 0.25) is 5.02 Å². The molecule has 1 fully saturated rings. The summed E-state index contributed by atoms with van der Waals surface area (Å²) in [6, 6.07) is 19.5. The third kappa shape index (κ3) is 5.40. The normalized spacial score (nSPS) is 16.8. The van der Waals surface area contributed by atoms with Crippen molar-refractivity contribution in [2.45, 2.75) is 39.3 Å². The second kappa shape index (κ2) is 11.2. The van der Waals surface area contributed by atoms with E-state index < -0.39 is 5.82 Å². The molecule has 1 amide bonds. The number of pyridine rings is 1. The number of nitrogens with zero attached hydrogens (tertiary/aromatic N) is 3. The maximum Gasteiger partial charge on any atom is 0.226 e. The Bertz CT molecular complexity index is 1540. The molecule has 0 unspecified atom stereocenters. The van der Waals surface area contributed by atoms with Gasteiger partial charge in [0.1, 0.15) is 5.82 Å². The van der Waals surface area contributed by atoms with Crippen LogP contribution in [0.4, 0.5) is 10.1 Å². The zero-order chi connectivity index (χ0) is 27.7. The second-order valence-electron chi connectivity index (χ2n) is 9.69. The van der Waals surface area contributed by atoms with Crippen molar-refractivity contribution < 1.29 is 9.18 Å². The molecule has 0 spiro atoms. The van der Waals surface area contributed by atoms with Crippen LogP contribution in [-0.2, 0) is 4.79 Å². The van der Waals surface area contributed by atoms with Crippen LogP contribution in [0.5, 0.6) is 0 Å². The Morgan fingerprint density at radius 2 is 1.87 bits per heavy atom. The SMILES string of the molecule is Cc1ccc(Cl)cc1-n1c(C)cc([C@H]2[C@@H](c3ccccn3)NC(=S)N2CCC(=O)Nc2ccccc2F)c1C. The molecule has 0 bridgehead atoms. The number of carbonyl (C=O) groups is 1. The number of aromatic nitrogens is 2. The van der Waals surface area contributed by atoms with E-state index in [1.54, 1.807) is 24.4 Å². The molecule has 4 aromatic rings. The lowest BCUT2D eigenvalue weighted by Gasteiger charge is -2.28. The third-order valence-electron chi connectivity index (χ3n) is 7.13. The van der Waals surface area contributed by atoms with Crippen LogP contribution in [0, 0.1) is 26.6 Å². The van der Waals surface area contributed by atoms with Crippen LogP contribution in [0.25, 0.3) is 5.69 Å². The van der Waals surface area contributed by atoms with Gasteiger partial charge in [-0.1, -0.05) is 35.9 Å². The third-order valence-corrected chi connectivity index (χ3v) is 7.71. The van der Waals surface area contributed by atoms with E-state index in [9.17, 15) is 9.18 Å². The van der Waals surface area contributed by atoms with Crippen LogP contribution in [0.3, 0.4) is 0 Å². The quantitative estimate of drug-likeness (QED) is 0.249. The molecule has 0 aliphatic carbocycles. The molecule has 0 saturated carbocycles. The van der Waals surface area contributed by atoms with Gasteiger partial charge in [-0.2, -0.15) is 0 Å². The standard InChI is InChI=1S/C30H29ClFN5OS/c1-18-11-12-21(31)17-26(18)37-19(2)16-22(20(37)3)29-28(25-10-6-7-14-33-25)35-30(39)36(29)15-13-27(38)34-24-9-5-4-8-23(24)32/h4-12,14,16-17,28-29H,13,15H2,1-3H3,(H,34,38)(H,35,39)/t28-,29+/m1/s1. The number of benzene rings is 2. The number of anilines is 1. The summed E-state index contributed by atoms with van der Waals surface area (Å²) < 4.78 is 16.3. The zero-order valence-corrected chi connectivity index (χ0v) is 23.5. The van der Waals surface area contributed by atoms with Crippen molar-refractivity contribution >= 4 is 40.5 Å². The summed E-state index contributed by atoms with van der Waals surface area (Å²) >= 11 is 12.2. The number of para-hydroxylation sites is 1. The first kappa shape index (κ1) is 26.8. The monoisotopic (exact) mass is 561 g/mol. The smallest absolute Gasteiger partial charge is 0.226 e. The fraction of sp³-hybridized carbons (Fsp3) is 0.233. The number of amides is 1. The Kier molecular flexibility index (Phi) is 7.68. The van der Waals surface area contributed by atoms with Gasteiger partial charge in [-0.05, 0) is 86.6 Å². The number of halogens is 2. The number of nitrogens with one attached hydrogen (secondary N) is 2. The Labute approximate surface area is 237 Å². The molecular weight excluding hydrogens is 533 g/mol. The lowest BCUT2D eigenvalue weighted by Crippen LogP contribution is -2.33. The van der Waals surface area contributed by atoms with Gasteiger partial charge in [0, 0.05) is 41.3 Å². The van der Waals surface area contributed by atoms with Gasteiger partial charge in [0.05, 0.1) is 23.5 Å². The van der Waals surface area contributed by atoms with E-state index in [2.05, 4.69) is 47.0 Å². The summed E-state index contributed by atoms with van der Waals surface area (Å²) in [4.78, 5) is 19.5. The molecule has 1 saturated heterocycles. The number of aryl methyl sites for hydroxylation is 2. The fourth-order valence-electron chi connectivity index (χ4n) is 5.26. The summed E-state index contributed by atoms with van der Waals surface area (Å²) in [5.41, 5.74) is 6.32. The summed E-state index contributed by atoms with van der Waals surface area (Å²) in [6.07, 6.45) is 1.90. The van der Waals surface area contributed by atoms with Gasteiger partial charge >= 0.3 is 0 Å². The van der Waals surface area contributed by atoms with Crippen LogP contribution in [0.1, 0.15) is 46.7 Å². The minimum absolute atomic E-state index is 0.133. The van der Waals surface area contributed by atoms with E-state index in [0.717, 1.165) is 33.9 Å². The predicted molar refractivity (Wildman–Crippen MR) is 157 cm³/mol. The number of thiocarbonyl (C=S) groups is 1. The Morgan fingerprint density at radius 1 is 1.10 bits per heavy atom. The minimum atomic E-state index is -0.471. The van der Waals surface area contributed by atoms with E-state index >= 15 is 0 Å². The van der Waals surface area contributed by atoms with Crippen molar-refractivity contribution in [1.82, 2.24) is 19.8 Å². The molecule has 1 aliphatic rings. The zero-order valence-electron chi connectivity index (χ0n) is 21.9. The lowest BCUT2D eigenvalue weighted by atomic mass is 9.96. The predicted octanol–water partition coefficient (Wildman–Crippen LogP) is 6.59. The van der Waals surface area contributed by atoms with Gasteiger partial charge in [-0.3, -0.25) is 9.78 Å². The average Bonchev–Trinajstić information content (AvgIpc) is 3.40. The maximum absolute atomic E-state index is 14.1. The average molecular weight is 562 g/mol. The minimum Gasteiger partial charge on any atom is -0.352 e. The highest BCUT2D eigenvalue weighted by Gasteiger charge is 2.41. The van der Waals surface area contributed by atoms with Gasteiger partial charge in [-0.15, -0.1) is 0 Å². The first-order valence-corrected chi connectivity index (χ1v) is 13.5. The van der Waals surface area contributed by atoms with Gasteiger partial charge in [0.25, 0.3) is 0 Å². The van der Waals surface area contributed by atoms with Crippen molar-refractivity contribution in [3.05, 3.63) is 112 Å². The molecule has 1 aliphatic heterocycles. The molecule has 39 heavy (non-hydrogen) atoms. The second-order valence-corrected chi connectivity index (χ2v) is 10.5. The lowest BCUT2D eigenvalue weighted by molar-refractivity contribution is -0.116. The molecule has 5 rings (SSSR count). The van der Waals surface area contributed by atoms with E-state index in [1.807, 2.05) is 41.3 Å². The van der Waals surface area contributed by atoms with Crippen LogP contribution in [0.15, 0.2) is 72.9 Å². The molecule has 3 heterocycles. The van der Waals surface area contributed by atoms with Crippen molar-refractivity contribution in [2.24, 2.45) is 0 Å². The molecular formula is C30H29ClFN5OS. The Balaban J connectivity index is 1.50. The van der Waals surface area contributed by atoms with E-state index in [0.29, 0.717) is 16.7 Å². The molecule has 9 heteroatoms. The number of hydrogen-bond donors (Lipinski definition) is 2. The molecule has 6 nitrogen and oxygen atoms in total. The number of rotatable bonds is 7. The van der Waals surface area contributed by atoms with Crippen LogP contribution < -0.4 is 10.6 Å². The molecule has 2 atom stereocenters. The maximum atomic E-state index is 14.1. The molecule has 2 N–H and O–H groups in total. The van der Waals surface area contributed by atoms with Gasteiger partial charge in [-0.25, -0.2) is 4.39 Å². The first-order valence-electron chi connectivity index (χ1n) is 12.7. The summed E-state index contributed by atoms with van der Waals surface area (Å²) in [7, 11) is 0.